The van der Waals surface area contributed by atoms with E-state index in [1.54, 1.807) is 0 Å². The third kappa shape index (κ3) is 2.88. The van der Waals surface area contributed by atoms with Gasteiger partial charge in [0.15, 0.2) is 0 Å². The van der Waals surface area contributed by atoms with Crippen molar-refractivity contribution in [3.8, 4) is 5.75 Å². The number of hydrogen-bond donors (Lipinski definition) is 0. The molecule has 0 bridgehead atoms. The zero-order valence-corrected chi connectivity index (χ0v) is 16.0. The molecule has 5 rings (SSSR count). The summed E-state index contributed by atoms with van der Waals surface area (Å²) in [6.07, 6.45) is 6.04. The van der Waals surface area contributed by atoms with Crippen molar-refractivity contribution in [1.29, 1.82) is 0 Å². The SMILES string of the molecule is CCN(c1ccc2ccccc2c1)C1CC2(CCCC2)Oc2ccccc21. The van der Waals surface area contributed by atoms with Crippen LogP contribution in [0.4, 0.5) is 5.69 Å². The summed E-state index contributed by atoms with van der Waals surface area (Å²) in [5.41, 5.74) is 2.68. The summed E-state index contributed by atoms with van der Waals surface area (Å²) in [5, 5.41) is 2.61. The van der Waals surface area contributed by atoms with Gasteiger partial charge in [-0.25, -0.2) is 0 Å². The van der Waals surface area contributed by atoms with Gasteiger partial charge in [-0.3, -0.25) is 0 Å². The molecule has 0 aromatic heterocycles. The smallest absolute Gasteiger partial charge is 0.125 e. The zero-order chi connectivity index (χ0) is 18.3. The molecule has 27 heavy (non-hydrogen) atoms. The van der Waals surface area contributed by atoms with Crippen LogP contribution < -0.4 is 9.64 Å². The van der Waals surface area contributed by atoms with Crippen LogP contribution in [0.2, 0.25) is 0 Å². The van der Waals surface area contributed by atoms with Gasteiger partial charge < -0.3 is 9.64 Å². The third-order valence-electron chi connectivity index (χ3n) is 6.47. The van der Waals surface area contributed by atoms with Gasteiger partial charge in [-0.1, -0.05) is 48.5 Å². The minimum atomic E-state index is 0.0310. The van der Waals surface area contributed by atoms with Crippen molar-refractivity contribution in [3.63, 3.8) is 0 Å². The van der Waals surface area contributed by atoms with Gasteiger partial charge in [0.25, 0.3) is 0 Å². The molecule has 3 aromatic rings. The summed E-state index contributed by atoms with van der Waals surface area (Å²) in [6.45, 7) is 3.27. The maximum Gasteiger partial charge on any atom is 0.125 e. The van der Waals surface area contributed by atoms with Crippen molar-refractivity contribution in [2.45, 2.75) is 50.7 Å². The molecule has 2 aliphatic rings. The van der Waals surface area contributed by atoms with Gasteiger partial charge in [0.1, 0.15) is 11.4 Å². The van der Waals surface area contributed by atoms with Crippen LogP contribution in [0.1, 0.15) is 50.6 Å². The lowest BCUT2D eigenvalue weighted by Crippen LogP contribution is -2.43. The molecule has 1 fully saturated rings. The quantitative estimate of drug-likeness (QED) is 0.530. The first kappa shape index (κ1) is 16.7. The molecule has 1 atom stereocenters. The van der Waals surface area contributed by atoms with Crippen LogP contribution in [0.3, 0.4) is 0 Å². The Morgan fingerprint density at radius 1 is 0.926 bits per heavy atom. The van der Waals surface area contributed by atoms with E-state index in [2.05, 4.69) is 78.6 Å². The molecule has 0 N–H and O–H groups in total. The molecule has 1 saturated carbocycles. The summed E-state index contributed by atoms with van der Waals surface area (Å²) in [7, 11) is 0. The molecule has 1 aliphatic carbocycles. The number of hydrogen-bond acceptors (Lipinski definition) is 2. The topological polar surface area (TPSA) is 12.5 Å². The largest absolute Gasteiger partial charge is 0.487 e. The average Bonchev–Trinajstić information content (AvgIpc) is 3.16. The molecule has 138 valence electrons. The molecule has 0 radical (unpaired) electrons. The van der Waals surface area contributed by atoms with Crippen molar-refractivity contribution in [2.24, 2.45) is 0 Å². The Kier molecular flexibility index (Phi) is 4.07. The fourth-order valence-electron chi connectivity index (χ4n) is 5.13. The molecule has 1 spiro atoms. The fraction of sp³-hybridized carbons (Fsp3) is 0.360. The number of para-hydroxylation sites is 1. The molecule has 0 saturated heterocycles. The third-order valence-corrected chi connectivity index (χ3v) is 6.47. The Morgan fingerprint density at radius 3 is 2.48 bits per heavy atom. The van der Waals surface area contributed by atoms with Crippen LogP contribution in [0, 0.1) is 0 Å². The number of rotatable bonds is 3. The van der Waals surface area contributed by atoms with Crippen LogP contribution in [-0.2, 0) is 0 Å². The monoisotopic (exact) mass is 357 g/mol. The molecule has 2 heteroatoms. The highest BCUT2D eigenvalue weighted by molar-refractivity contribution is 5.86. The standard InChI is InChI=1S/C25H27NO/c1-2-26(21-14-13-19-9-3-4-10-20(19)17-21)23-18-25(15-7-8-16-25)27-24-12-6-5-11-22(23)24/h3-6,9-14,17,23H,2,7-8,15-16,18H2,1H3. The number of ether oxygens (including phenoxy) is 1. The second-order valence-electron chi connectivity index (χ2n) is 8.07. The van der Waals surface area contributed by atoms with Gasteiger partial charge in [0, 0.05) is 24.2 Å². The second-order valence-corrected chi connectivity index (χ2v) is 8.07. The molecular formula is C25H27NO. The lowest BCUT2D eigenvalue weighted by atomic mass is 9.84. The number of benzene rings is 3. The highest BCUT2D eigenvalue weighted by atomic mass is 16.5. The van der Waals surface area contributed by atoms with E-state index < -0.39 is 0 Å². The molecule has 1 heterocycles. The van der Waals surface area contributed by atoms with E-state index in [-0.39, 0.29) is 5.60 Å². The van der Waals surface area contributed by atoms with E-state index in [0.717, 1.165) is 18.7 Å². The van der Waals surface area contributed by atoms with Crippen molar-refractivity contribution in [2.75, 3.05) is 11.4 Å². The molecule has 1 aliphatic heterocycles. The summed E-state index contributed by atoms with van der Waals surface area (Å²) in [4.78, 5) is 2.58. The Bertz CT molecular complexity index is 957. The van der Waals surface area contributed by atoms with E-state index >= 15 is 0 Å². The average molecular weight is 357 g/mol. The van der Waals surface area contributed by atoms with Gasteiger partial charge in [-0.15, -0.1) is 0 Å². The predicted octanol–water partition coefficient (Wildman–Crippen LogP) is 6.50. The van der Waals surface area contributed by atoms with E-state index in [1.807, 2.05) is 0 Å². The van der Waals surface area contributed by atoms with Gasteiger partial charge in [-0.2, -0.15) is 0 Å². The summed E-state index contributed by atoms with van der Waals surface area (Å²) in [5.74, 6) is 1.09. The fourth-order valence-corrected chi connectivity index (χ4v) is 5.13. The lowest BCUT2D eigenvalue weighted by Gasteiger charge is -2.45. The Morgan fingerprint density at radius 2 is 1.67 bits per heavy atom. The van der Waals surface area contributed by atoms with Crippen molar-refractivity contribution in [3.05, 3.63) is 72.3 Å². The first-order valence-corrected chi connectivity index (χ1v) is 10.3. The Hall–Kier alpha value is -2.48. The maximum absolute atomic E-state index is 6.58. The van der Waals surface area contributed by atoms with Crippen molar-refractivity contribution >= 4 is 16.5 Å². The van der Waals surface area contributed by atoms with Crippen molar-refractivity contribution < 1.29 is 4.74 Å². The summed E-state index contributed by atoms with van der Waals surface area (Å²) in [6, 6.07) is 24.6. The van der Waals surface area contributed by atoms with E-state index in [9.17, 15) is 0 Å². The molecular weight excluding hydrogens is 330 g/mol. The van der Waals surface area contributed by atoms with E-state index in [0.29, 0.717) is 6.04 Å². The molecule has 3 aromatic carbocycles. The van der Waals surface area contributed by atoms with E-state index in [4.69, 9.17) is 4.74 Å². The van der Waals surface area contributed by atoms with Gasteiger partial charge in [0.05, 0.1) is 6.04 Å². The normalized spacial score (nSPS) is 20.4. The highest BCUT2D eigenvalue weighted by Gasteiger charge is 2.44. The number of fused-ring (bicyclic) bond motifs is 2. The second kappa shape index (κ2) is 6.60. The van der Waals surface area contributed by atoms with E-state index in [1.165, 1.54) is 47.7 Å². The summed E-state index contributed by atoms with van der Waals surface area (Å²) < 4.78 is 6.58. The van der Waals surface area contributed by atoms with Crippen LogP contribution >= 0.6 is 0 Å². The lowest BCUT2D eigenvalue weighted by molar-refractivity contribution is 0.0413. The van der Waals surface area contributed by atoms with Gasteiger partial charge in [0.2, 0.25) is 0 Å². The van der Waals surface area contributed by atoms with Crippen LogP contribution in [0.5, 0.6) is 5.75 Å². The minimum Gasteiger partial charge on any atom is -0.487 e. The first-order valence-electron chi connectivity index (χ1n) is 10.3. The Labute approximate surface area is 161 Å². The zero-order valence-electron chi connectivity index (χ0n) is 16.0. The molecule has 2 nitrogen and oxygen atoms in total. The molecule has 0 amide bonds. The molecule has 1 unspecified atom stereocenters. The maximum atomic E-state index is 6.58. The Balaban J connectivity index is 1.59. The van der Waals surface area contributed by atoms with Gasteiger partial charge in [-0.05, 0) is 61.6 Å². The summed E-state index contributed by atoms with van der Waals surface area (Å²) >= 11 is 0. The van der Waals surface area contributed by atoms with Crippen LogP contribution in [-0.4, -0.2) is 12.1 Å². The van der Waals surface area contributed by atoms with Gasteiger partial charge >= 0.3 is 0 Å². The number of anilines is 1. The minimum absolute atomic E-state index is 0.0310. The predicted molar refractivity (Wildman–Crippen MR) is 113 cm³/mol. The van der Waals surface area contributed by atoms with Crippen molar-refractivity contribution in [1.82, 2.24) is 0 Å². The number of nitrogens with zero attached hydrogens (tertiary/aromatic N) is 1. The van der Waals surface area contributed by atoms with Crippen LogP contribution in [0.25, 0.3) is 10.8 Å². The van der Waals surface area contributed by atoms with Crippen LogP contribution in [0.15, 0.2) is 66.7 Å². The first-order chi connectivity index (χ1) is 13.3. The highest BCUT2D eigenvalue weighted by Crippen LogP contribution is 2.49.